The molecule has 0 bridgehead atoms. The van der Waals surface area contributed by atoms with E-state index in [1.807, 2.05) is 69.2 Å². The molecule has 1 aliphatic carbocycles. The predicted octanol–water partition coefficient (Wildman–Crippen LogP) is 4.31. The molecule has 1 aliphatic rings. The molecule has 33 heavy (non-hydrogen) atoms. The van der Waals surface area contributed by atoms with Gasteiger partial charge in [-0.2, -0.15) is 0 Å². The fourth-order valence-electron chi connectivity index (χ4n) is 3.98. The van der Waals surface area contributed by atoms with Crippen molar-refractivity contribution in [3.63, 3.8) is 0 Å². The molecule has 2 aromatic rings. The third-order valence-electron chi connectivity index (χ3n) is 6.22. The van der Waals surface area contributed by atoms with E-state index in [-0.39, 0.29) is 12.2 Å². The minimum Gasteiger partial charge on any atom is -0.481 e. The molecule has 1 fully saturated rings. The van der Waals surface area contributed by atoms with Crippen molar-refractivity contribution in [3.8, 4) is 0 Å². The number of Topliss-reactive ketones (excluding diaryl/α,β-unsaturated/α-hetero) is 2. The summed E-state index contributed by atoms with van der Waals surface area (Å²) in [5.41, 5.74) is 1.45. The first kappa shape index (κ1) is 26.4. The van der Waals surface area contributed by atoms with Crippen LogP contribution in [0.3, 0.4) is 0 Å². The van der Waals surface area contributed by atoms with E-state index in [0.29, 0.717) is 24.8 Å². The number of carbonyl (C=O) groups excluding carboxylic acids is 2. The van der Waals surface area contributed by atoms with Crippen molar-refractivity contribution >= 4 is 17.5 Å². The number of benzene rings is 2. The summed E-state index contributed by atoms with van der Waals surface area (Å²) in [6.45, 7) is 4.65. The Kier molecular flexibility index (Phi) is 9.50. The summed E-state index contributed by atoms with van der Waals surface area (Å²) in [4.78, 5) is 37.4. The molecular weight excluding hydrogens is 418 g/mol. The molecule has 0 heterocycles. The van der Waals surface area contributed by atoms with Gasteiger partial charge in [0.25, 0.3) is 0 Å². The number of carboxylic acids is 1. The fourth-order valence-corrected chi connectivity index (χ4v) is 3.98. The second-order valence-electron chi connectivity index (χ2n) is 9.03. The normalized spacial score (nSPS) is 20.0. The first-order chi connectivity index (χ1) is 15.6. The van der Waals surface area contributed by atoms with Crippen molar-refractivity contribution in [1.82, 2.24) is 4.90 Å². The topological polar surface area (TPSA) is 94.9 Å². The van der Waals surface area contributed by atoms with E-state index >= 15 is 0 Å². The number of hydrogen-bond acceptors (Lipinski definition) is 5. The van der Waals surface area contributed by atoms with E-state index in [1.165, 1.54) is 0 Å². The maximum absolute atomic E-state index is 12.6. The van der Waals surface area contributed by atoms with E-state index in [0.717, 1.165) is 29.7 Å². The number of aliphatic hydroxyl groups is 1. The molecule has 0 aliphatic heterocycles. The van der Waals surface area contributed by atoms with Gasteiger partial charge in [0.05, 0.1) is 5.92 Å². The van der Waals surface area contributed by atoms with Gasteiger partial charge in [0.2, 0.25) is 0 Å². The molecule has 2 unspecified atom stereocenters. The van der Waals surface area contributed by atoms with Gasteiger partial charge in [-0.05, 0) is 58.0 Å². The van der Waals surface area contributed by atoms with Gasteiger partial charge in [0.15, 0.2) is 11.6 Å². The van der Waals surface area contributed by atoms with E-state index in [1.54, 1.807) is 12.1 Å². The number of rotatable bonds is 7. The summed E-state index contributed by atoms with van der Waals surface area (Å²) in [6.07, 6.45) is 2.57. The Labute approximate surface area is 196 Å². The van der Waals surface area contributed by atoms with Crippen LogP contribution in [0.25, 0.3) is 0 Å². The first-order valence-electron chi connectivity index (χ1n) is 11.4. The fraction of sp³-hybridized carbons (Fsp3) is 0.444. The van der Waals surface area contributed by atoms with Crippen molar-refractivity contribution in [2.45, 2.75) is 51.6 Å². The quantitative estimate of drug-likeness (QED) is 0.607. The second-order valence-corrected chi connectivity index (χ2v) is 9.03. The molecule has 0 aromatic heterocycles. The largest absolute Gasteiger partial charge is 0.481 e. The van der Waals surface area contributed by atoms with Crippen LogP contribution in [0.4, 0.5) is 0 Å². The lowest BCUT2D eigenvalue weighted by atomic mass is 9.71. The van der Waals surface area contributed by atoms with Crippen molar-refractivity contribution in [1.29, 1.82) is 0 Å². The van der Waals surface area contributed by atoms with Crippen molar-refractivity contribution < 1.29 is 24.6 Å². The summed E-state index contributed by atoms with van der Waals surface area (Å²) in [6, 6.07) is 14.6. The Bertz CT molecular complexity index is 970. The molecule has 6 heteroatoms. The summed E-state index contributed by atoms with van der Waals surface area (Å²) in [5.74, 6) is -2.35. The highest BCUT2D eigenvalue weighted by Crippen LogP contribution is 2.36. The standard InChI is InChI=1S/C16H20O4.C11H15NO/c1-10-6-7-12(9-11(10)2)14(17)16(20)8-4-3-5-13(16)15(18)19;1-12(2)9-8-11(13)10-6-4-3-5-7-10/h6-7,9,13,20H,3-5,8H2,1-2H3,(H,18,19);3-7H,8-9H2,1-2H3. The monoisotopic (exact) mass is 453 g/mol. The Hall–Kier alpha value is -2.83. The lowest BCUT2D eigenvalue weighted by molar-refractivity contribution is -0.151. The van der Waals surface area contributed by atoms with Crippen LogP contribution in [0.5, 0.6) is 0 Å². The summed E-state index contributed by atoms with van der Waals surface area (Å²) < 4.78 is 0. The average Bonchev–Trinajstić information content (AvgIpc) is 2.80. The molecule has 0 spiro atoms. The Morgan fingerprint density at radius 1 is 0.970 bits per heavy atom. The highest BCUT2D eigenvalue weighted by Gasteiger charge is 2.49. The third-order valence-corrected chi connectivity index (χ3v) is 6.22. The zero-order valence-electron chi connectivity index (χ0n) is 20.0. The molecule has 0 radical (unpaired) electrons. The van der Waals surface area contributed by atoms with Gasteiger partial charge in [-0.15, -0.1) is 0 Å². The number of aryl methyl sites for hydroxylation is 2. The highest BCUT2D eigenvalue weighted by atomic mass is 16.4. The van der Waals surface area contributed by atoms with E-state index in [2.05, 4.69) is 0 Å². The predicted molar refractivity (Wildman–Crippen MR) is 129 cm³/mol. The van der Waals surface area contributed by atoms with Crippen LogP contribution >= 0.6 is 0 Å². The smallest absolute Gasteiger partial charge is 0.309 e. The molecule has 178 valence electrons. The molecule has 6 nitrogen and oxygen atoms in total. The molecule has 0 saturated heterocycles. The lowest BCUT2D eigenvalue weighted by Gasteiger charge is -2.36. The first-order valence-corrected chi connectivity index (χ1v) is 11.4. The molecule has 2 atom stereocenters. The maximum atomic E-state index is 12.6. The number of aliphatic carboxylic acids is 1. The zero-order valence-corrected chi connectivity index (χ0v) is 20.0. The second kappa shape index (κ2) is 11.9. The van der Waals surface area contributed by atoms with Gasteiger partial charge in [0, 0.05) is 24.1 Å². The summed E-state index contributed by atoms with van der Waals surface area (Å²) in [5, 5.41) is 19.9. The lowest BCUT2D eigenvalue weighted by Crippen LogP contribution is -2.51. The van der Waals surface area contributed by atoms with Crippen LogP contribution in [0.1, 0.15) is 63.9 Å². The number of hydrogen-bond donors (Lipinski definition) is 2. The average molecular weight is 454 g/mol. The summed E-state index contributed by atoms with van der Waals surface area (Å²) in [7, 11) is 3.94. The van der Waals surface area contributed by atoms with Gasteiger partial charge >= 0.3 is 5.97 Å². The molecule has 1 saturated carbocycles. The van der Waals surface area contributed by atoms with Crippen LogP contribution < -0.4 is 0 Å². The number of carbonyl (C=O) groups is 3. The number of nitrogens with zero attached hydrogens (tertiary/aromatic N) is 1. The van der Waals surface area contributed by atoms with Gasteiger partial charge in [0.1, 0.15) is 5.60 Å². The SMILES string of the molecule is CN(C)CCC(=O)c1ccccc1.Cc1ccc(C(=O)C2(O)CCCCC2C(=O)O)cc1C. The summed E-state index contributed by atoms with van der Waals surface area (Å²) >= 11 is 0. The van der Waals surface area contributed by atoms with Crippen molar-refractivity contribution in [3.05, 3.63) is 70.8 Å². The Balaban J connectivity index is 0.000000257. The van der Waals surface area contributed by atoms with Crippen LogP contribution in [-0.2, 0) is 4.79 Å². The minimum atomic E-state index is -1.77. The molecule has 2 N–H and O–H groups in total. The van der Waals surface area contributed by atoms with E-state index in [9.17, 15) is 24.6 Å². The zero-order chi connectivity index (χ0) is 24.6. The van der Waals surface area contributed by atoms with Crippen LogP contribution in [0, 0.1) is 19.8 Å². The van der Waals surface area contributed by atoms with Crippen molar-refractivity contribution in [2.75, 3.05) is 20.6 Å². The Morgan fingerprint density at radius 2 is 1.64 bits per heavy atom. The van der Waals surface area contributed by atoms with Gasteiger partial charge < -0.3 is 15.1 Å². The molecular formula is C27H35NO5. The van der Waals surface area contributed by atoms with Gasteiger partial charge in [-0.1, -0.05) is 55.3 Å². The van der Waals surface area contributed by atoms with E-state index < -0.39 is 23.3 Å². The minimum absolute atomic E-state index is 0.217. The molecule has 0 amide bonds. The van der Waals surface area contributed by atoms with Gasteiger partial charge in [-0.25, -0.2) is 0 Å². The number of ketones is 2. The van der Waals surface area contributed by atoms with Crippen molar-refractivity contribution in [2.24, 2.45) is 5.92 Å². The van der Waals surface area contributed by atoms with Crippen LogP contribution in [0.15, 0.2) is 48.5 Å². The highest BCUT2D eigenvalue weighted by molar-refractivity contribution is 6.05. The van der Waals surface area contributed by atoms with Crippen LogP contribution in [-0.4, -0.2) is 58.9 Å². The molecule has 2 aromatic carbocycles. The maximum Gasteiger partial charge on any atom is 0.309 e. The number of carboxylic acid groups (broad SMARTS) is 1. The third kappa shape index (κ3) is 7.07. The van der Waals surface area contributed by atoms with Crippen LogP contribution in [0.2, 0.25) is 0 Å². The van der Waals surface area contributed by atoms with Gasteiger partial charge in [-0.3, -0.25) is 14.4 Å². The van der Waals surface area contributed by atoms with E-state index in [4.69, 9.17) is 0 Å². The Morgan fingerprint density at radius 3 is 2.21 bits per heavy atom. The molecule has 3 rings (SSSR count).